The molecule has 23 heavy (non-hydrogen) atoms. The van der Waals surface area contributed by atoms with E-state index < -0.39 is 11.6 Å². The Labute approximate surface area is 135 Å². The molecule has 3 rings (SSSR count). The largest absolute Gasteiger partial charge is 0.369 e. The predicted molar refractivity (Wildman–Crippen MR) is 87.6 cm³/mol. The molecule has 0 saturated carbocycles. The Morgan fingerprint density at radius 2 is 1.57 bits per heavy atom. The quantitative estimate of drug-likeness (QED) is 0.866. The van der Waals surface area contributed by atoms with Crippen molar-refractivity contribution >= 4 is 5.69 Å². The van der Waals surface area contributed by atoms with Gasteiger partial charge in [-0.15, -0.1) is 0 Å². The molecule has 0 spiro atoms. The number of piperazine rings is 1. The molecule has 1 fully saturated rings. The van der Waals surface area contributed by atoms with Crippen LogP contribution in [0, 0.1) is 25.5 Å². The summed E-state index contributed by atoms with van der Waals surface area (Å²) in [4.78, 5) is 9.03. The number of hydrogen-bond acceptors (Lipinski definition) is 3. The number of rotatable bonds is 3. The molecule has 0 atom stereocenters. The van der Waals surface area contributed by atoms with E-state index in [0.29, 0.717) is 6.54 Å². The Bertz CT molecular complexity index is 674. The first kappa shape index (κ1) is 15.9. The summed E-state index contributed by atoms with van der Waals surface area (Å²) in [5.41, 5.74) is 4.09. The van der Waals surface area contributed by atoms with E-state index in [1.165, 1.54) is 17.8 Å². The van der Waals surface area contributed by atoms with Crippen LogP contribution >= 0.6 is 0 Å². The Morgan fingerprint density at radius 3 is 2.17 bits per heavy atom. The number of benzene rings is 1. The smallest absolute Gasteiger partial charge is 0.159 e. The number of anilines is 1. The number of nitrogens with zero attached hydrogens (tertiary/aromatic N) is 3. The lowest BCUT2D eigenvalue weighted by molar-refractivity contribution is 0.249. The summed E-state index contributed by atoms with van der Waals surface area (Å²) in [7, 11) is 0. The monoisotopic (exact) mass is 317 g/mol. The predicted octanol–water partition coefficient (Wildman–Crippen LogP) is 3.30. The van der Waals surface area contributed by atoms with Crippen LogP contribution in [0.4, 0.5) is 14.5 Å². The number of hydrogen-bond donors (Lipinski definition) is 0. The van der Waals surface area contributed by atoms with Crippen LogP contribution in [0.2, 0.25) is 0 Å². The zero-order valence-corrected chi connectivity index (χ0v) is 13.5. The average Bonchev–Trinajstić information content (AvgIpc) is 2.51. The van der Waals surface area contributed by atoms with Gasteiger partial charge < -0.3 is 4.90 Å². The average molecular weight is 317 g/mol. The van der Waals surface area contributed by atoms with Gasteiger partial charge in [-0.1, -0.05) is 6.07 Å². The Hall–Kier alpha value is -2.01. The highest BCUT2D eigenvalue weighted by atomic mass is 19.2. The van der Waals surface area contributed by atoms with Crippen molar-refractivity contribution in [3.05, 3.63) is 58.9 Å². The second kappa shape index (κ2) is 6.62. The topological polar surface area (TPSA) is 19.4 Å². The van der Waals surface area contributed by atoms with E-state index in [1.807, 2.05) is 13.8 Å². The van der Waals surface area contributed by atoms with Crippen molar-refractivity contribution in [2.75, 3.05) is 31.1 Å². The van der Waals surface area contributed by atoms with Gasteiger partial charge in [0.15, 0.2) is 11.6 Å². The van der Waals surface area contributed by atoms with E-state index >= 15 is 0 Å². The van der Waals surface area contributed by atoms with Gasteiger partial charge in [0.2, 0.25) is 0 Å². The lowest BCUT2D eigenvalue weighted by Crippen LogP contribution is -2.46. The van der Waals surface area contributed by atoms with Gasteiger partial charge in [0.05, 0.1) is 0 Å². The first-order chi connectivity index (χ1) is 11.0. The third-order valence-corrected chi connectivity index (χ3v) is 4.19. The maximum Gasteiger partial charge on any atom is 0.159 e. The minimum absolute atomic E-state index is 0.652. The molecular formula is C18H21F2N3. The van der Waals surface area contributed by atoms with Crippen molar-refractivity contribution in [3.63, 3.8) is 0 Å². The van der Waals surface area contributed by atoms with Gasteiger partial charge in [0.1, 0.15) is 0 Å². The summed E-state index contributed by atoms with van der Waals surface area (Å²) in [5, 5.41) is 0. The number of halogens is 2. The van der Waals surface area contributed by atoms with Crippen LogP contribution in [-0.2, 0) is 6.54 Å². The highest BCUT2D eigenvalue weighted by Crippen LogP contribution is 2.19. The number of aryl methyl sites for hydroxylation is 2. The van der Waals surface area contributed by atoms with Crippen LogP contribution in [0.25, 0.3) is 0 Å². The second-order valence-corrected chi connectivity index (χ2v) is 6.12. The molecule has 1 aromatic heterocycles. The normalized spacial score (nSPS) is 15.9. The Morgan fingerprint density at radius 1 is 0.913 bits per heavy atom. The minimum atomic E-state index is -0.790. The molecule has 2 aromatic rings. The standard InChI is InChI=1S/C18H21F2N3/c1-13-9-16(10-14(2)21-13)23-7-5-22(6-8-23)12-15-3-4-17(19)18(20)11-15/h3-4,9-11H,5-8,12H2,1-2H3. The fourth-order valence-electron chi connectivity index (χ4n) is 3.06. The molecule has 0 unspecified atom stereocenters. The van der Waals surface area contributed by atoms with Gasteiger partial charge in [0, 0.05) is 49.8 Å². The first-order valence-corrected chi connectivity index (χ1v) is 7.88. The van der Waals surface area contributed by atoms with Crippen molar-refractivity contribution in [1.29, 1.82) is 0 Å². The zero-order valence-electron chi connectivity index (χ0n) is 13.5. The van der Waals surface area contributed by atoms with Crippen molar-refractivity contribution < 1.29 is 8.78 Å². The molecular weight excluding hydrogens is 296 g/mol. The van der Waals surface area contributed by atoms with E-state index in [0.717, 1.165) is 43.1 Å². The van der Waals surface area contributed by atoms with Gasteiger partial charge in [-0.2, -0.15) is 0 Å². The van der Waals surface area contributed by atoms with Crippen LogP contribution in [-0.4, -0.2) is 36.1 Å². The summed E-state index contributed by atoms with van der Waals surface area (Å²) >= 11 is 0. The molecule has 1 aliphatic rings. The van der Waals surface area contributed by atoms with Crippen LogP contribution in [0.1, 0.15) is 17.0 Å². The lowest BCUT2D eigenvalue weighted by Gasteiger charge is -2.36. The van der Waals surface area contributed by atoms with E-state index in [-0.39, 0.29) is 0 Å². The third-order valence-electron chi connectivity index (χ3n) is 4.19. The first-order valence-electron chi connectivity index (χ1n) is 7.88. The van der Waals surface area contributed by atoms with Gasteiger partial charge in [-0.05, 0) is 43.7 Å². The summed E-state index contributed by atoms with van der Waals surface area (Å²) < 4.78 is 26.3. The van der Waals surface area contributed by atoms with Crippen molar-refractivity contribution in [1.82, 2.24) is 9.88 Å². The molecule has 2 heterocycles. The van der Waals surface area contributed by atoms with Gasteiger partial charge >= 0.3 is 0 Å². The van der Waals surface area contributed by atoms with Crippen molar-refractivity contribution in [2.24, 2.45) is 0 Å². The van der Waals surface area contributed by atoms with E-state index in [9.17, 15) is 8.78 Å². The highest BCUT2D eigenvalue weighted by molar-refractivity contribution is 5.48. The third kappa shape index (κ3) is 3.85. The van der Waals surface area contributed by atoms with Crippen LogP contribution < -0.4 is 4.90 Å². The molecule has 0 bridgehead atoms. The Kier molecular flexibility index (Phi) is 4.57. The molecule has 0 N–H and O–H groups in total. The zero-order chi connectivity index (χ0) is 16.4. The van der Waals surface area contributed by atoms with Gasteiger partial charge in [0.25, 0.3) is 0 Å². The maximum absolute atomic E-state index is 13.3. The molecule has 1 aliphatic heterocycles. The summed E-state index contributed by atoms with van der Waals surface area (Å²) in [6, 6.07) is 8.36. The van der Waals surface area contributed by atoms with Crippen molar-refractivity contribution in [3.8, 4) is 0 Å². The minimum Gasteiger partial charge on any atom is -0.369 e. The van der Waals surface area contributed by atoms with Crippen LogP contribution in [0.15, 0.2) is 30.3 Å². The van der Waals surface area contributed by atoms with Crippen LogP contribution in [0.3, 0.4) is 0 Å². The molecule has 1 saturated heterocycles. The summed E-state index contributed by atoms with van der Waals surface area (Å²) in [6.45, 7) is 8.32. The van der Waals surface area contributed by atoms with Gasteiger partial charge in [-0.25, -0.2) is 8.78 Å². The van der Waals surface area contributed by atoms with E-state index in [2.05, 4.69) is 26.9 Å². The van der Waals surface area contributed by atoms with Crippen LogP contribution in [0.5, 0.6) is 0 Å². The van der Waals surface area contributed by atoms with E-state index in [4.69, 9.17) is 0 Å². The fourth-order valence-corrected chi connectivity index (χ4v) is 3.06. The van der Waals surface area contributed by atoms with Gasteiger partial charge in [-0.3, -0.25) is 9.88 Å². The second-order valence-electron chi connectivity index (χ2n) is 6.12. The highest BCUT2D eigenvalue weighted by Gasteiger charge is 2.18. The SMILES string of the molecule is Cc1cc(N2CCN(Cc3ccc(F)c(F)c3)CC2)cc(C)n1. The molecule has 3 nitrogen and oxygen atoms in total. The fraction of sp³-hybridized carbons (Fsp3) is 0.389. The molecule has 5 heteroatoms. The summed E-state index contributed by atoms with van der Waals surface area (Å²) in [5.74, 6) is -1.56. The molecule has 0 aliphatic carbocycles. The molecule has 0 amide bonds. The van der Waals surface area contributed by atoms with Crippen molar-refractivity contribution in [2.45, 2.75) is 20.4 Å². The number of aromatic nitrogens is 1. The Balaban J connectivity index is 1.60. The number of pyridine rings is 1. The summed E-state index contributed by atoms with van der Waals surface area (Å²) in [6.07, 6.45) is 0. The maximum atomic E-state index is 13.3. The lowest BCUT2D eigenvalue weighted by atomic mass is 10.1. The molecule has 0 radical (unpaired) electrons. The van der Waals surface area contributed by atoms with E-state index in [1.54, 1.807) is 6.07 Å². The molecule has 122 valence electrons. The molecule has 1 aromatic carbocycles.